The van der Waals surface area contributed by atoms with E-state index in [0.29, 0.717) is 22.8 Å². The standard InChI is InChI=1S/C19H24ClN5S/c1-14-6-8-15(9-7-14)13-21-19(26)24-18-22-16(20)12-17(23-18)25-10-4-2-3-5-11-25/h6-9,12H,2-5,10-11,13H2,1H3,(H2,21,22,23,24,26). The van der Waals surface area contributed by atoms with Crippen molar-refractivity contribution in [2.24, 2.45) is 0 Å². The Labute approximate surface area is 165 Å². The van der Waals surface area contributed by atoms with Crippen molar-refractivity contribution in [3.63, 3.8) is 0 Å². The van der Waals surface area contributed by atoms with Crippen molar-refractivity contribution in [2.45, 2.75) is 39.2 Å². The lowest BCUT2D eigenvalue weighted by atomic mass is 10.1. The minimum Gasteiger partial charge on any atom is -0.358 e. The molecule has 5 nitrogen and oxygen atoms in total. The van der Waals surface area contributed by atoms with Gasteiger partial charge in [-0.2, -0.15) is 4.98 Å². The monoisotopic (exact) mass is 389 g/mol. The lowest BCUT2D eigenvalue weighted by Gasteiger charge is -2.22. The summed E-state index contributed by atoms with van der Waals surface area (Å²) in [5.74, 6) is 1.29. The molecule has 0 radical (unpaired) electrons. The van der Waals surface area contributed by atoms with E-state index in [2.05, 4.69) is 56.7 Å². The van der Waals surface area contributed by atoms with Crippen molar-refractivity contribution in [3.8, 4) is 0 Å². The molecule has 0 bridgehead atoms. The molecule has 0 spiro atoms. The molecule has 2 aromatic rings. The topological polar surface area (TPSA) is 53.1 Å². The van der Waals surface area contributed by atoms with Crippen LogP contribution in [0.15, 0.2) is 30.3 Å². The normalized spacial score (nSPS) is 14.6. The largest absolute Gasteiger partial charge is 0.358 e. The summed E-state index contributed by atoms with van der Waals surface area (Å²) in [4.78, 5) is 11.1. The molecule has 1 aromatic carbocycles. The maximum absolute atomic E-state index is 6.20. The average Bonchev–Trinajstić information content (AvgIpc) is 2.90. The number of aryl methyl sites for hydroxylation is 1. The molecule has 1 aliphatic heterocycles. The summed E-state index contributed by atoms with van der Waals surface area (Å²) in [5.41, 5.74) is 2.40. The van der Waals surface area contributed by atoms with E-state index in [1.54, 1.807) is 0 Å². The van der Waals surface area contributed by atoms with Gasteiger partial charge in [-0.15, -0.1) is 0 Å². The Morgan fingerprint density at radius 2 is 1.81 bits per heavy atom. The van der Waals surface area contributed by atoms with Gasteiger partial charge >= 0.3 is 0 Å². The molecule has 3 rings (SSSR count). The fourth-order valence-corrected chi connectivity index (χ4v) is 3.30. The molecule has 0 saturated carbocycles. The summed E-state index contributed by atoms with van der Waals surface area (Å²) >= 11 is 11.6. The van der Waals surface area contributed by atoms with Crippen LogP contribution in [0.25, 0.3) is 0 Å². The Morgan fingerprint density at radius 1 is 1.12 bits per heavy atom. The highest BCUT2D eigenvalue weighted by Gasteiger charge is 2.14. The number of aromatic nitrogens is 2. The third kappa shape index (κ3) is 5.54. The third-order valence-corrected chi connectivity index (χ3v) is 4.85. The van der Waals surface area contributed by atoms with Crippen LogP contribution in [0, 0.1) is 6.92 Å². The van der Waals surface area contributed by atoms with E-state index in [1.807, 2.05) is 6.07 Å². The van der Waals surface area contributed by atoms with Gasteiger partial charge in [0.25, 0.3) is 0 Å². The van der Waals surface area contributed by atoms with Crippen LogP contribution >= 0.6 is 23.8 Å². The molecule has 2 N–H and O–H groups in total. The van der Waals surface area contributed by atoms with Crippen LogP contribution < -0.4 is 15.5 Å². The number of anilines is 2. The SMILES string of the molecule is Cc1ccc(CNC(=S)Nc2nc(Cl)cc(N3CCCCCC3)n2)cc1. The van der Waals surface area contributed by atoms with Crippen LogP contribution in [-0.2, 0) is 6.54 Å². The zero-order valence-electron chi connectivity index (χ0n) is 15.0. The lowest BCUT2D eigenvalue weighted by Crippen LogP contribution is -2.30. The van der Waals surface area contributed by atoms with Gasteiger partial charge in [0, 0.05) is 25.7 Å². The second-order valence-corrected chi connectivity index (χ2v) is 7.36. The van der Waals surface area contributed by atoms with Crippen molar-refractivity contribution in [1.29, 1.82) is 0 Å². The fraction of sp³-hybridized carbons (Fsp3) is 0.421. The van der Waals surface area contributed by atoms with Gasteiger partial charge < -0.3 is 15.5 Å². The van der Waals surface area contributed by atoms with Crippen LogP contribution in [0.5, 0.6) is 0 Å². The first-order chi connectivity index (χ1) is 12.6. The first-order valence-electron chi connectivity index (χ1n) is 9.00. The lowest BCUT2D eigenvalue weighted by molar-refractivity contribution is 0.726. The number of nitrogens with zero attached hydrogens (tertiary/aromatic N) is 3. The number of thiocarbonyl (C=S) groups is 1. The first-order valence-corrected chi connectivity index (χ1v) is 9.79. The number of rotatable bonds is 4. The molecule has 1 fully saturated rings. The number of hydrogen-bond acceptors (Lipinski definition) is 4. The molecule has 1 aromatic heterocycles. The summed E-state index contributed by atoms with van der Waals surface area (Å²) < 4.78 is 0. The van der Waals surface area contributed by atoms with E-state index in [-0.39, 0.29) is 0 Å². The van der Waals surface area contributed by atoms with E-state index < -0.39 is 0 Å². The second kappa shape index (κ2) is 9.14. The van der Waals surface area contributed by atoms with Crippen molar-refractivity contribution >= 4 is 40.7 Å². The van der Waals surface area contributed by atoms with E-state index in [0.717, 1.165) is 24.5 Å². The molecular weight excluding hydrogens is 366 g/mol. The van der Waals surface area contributed by atoms with Gasteiger partial charge in [0.05, 0.1) is 0 Å². The highest BCUT2D eigenvalue weighted by Crippen LogP contribution is 2.21. The molecule has 0 aliphatic carbocycles. The van der Waals surface area contributed by atoms with Crippen molar-refractivity contribution in [1.82, 2.24) is 15.3 Å². The summed E-state index contributed by atoms with van der Waals surface area (Å²) in [6, 6.07) is 10.2. The molecule has 26 heavy (non-hydrogen) atoms. The fourth-order valence-electron chi connectivity index (χ4n) is 2.96. The molecule has 2 heterocycles. The van der Waals surface area contributed by atoms with Crippen LogP contribution in [-0.4, -0.2) is 28.2 Å². The van der Waals surface area contributed by atoms with Crippen LogP contribution in [0.4, 0.5) is 11.8 Å². The maximum Gasteiger partial charge on any atom is 0.232 e. The zero-order chi connectivity index (χ0) is 18.4. The Kier molecular flexibility index (Phi) is 6.63. The summed E-state index contributed by atoms with van der Waals surface area (Å²) in [5, 5.41) is 7.13. The van der Waals surface area contributed by atoms with Gasteiger partial charge in [0.1, 0.15) is 11.0 Å². The Morgan fingerprint density at radius 3 is 2.50 bits per heavy atom. The van der Waals surface area contributed by atoms with Crippen LogP contribution in [0.1, 0.15) is 36.8 Å². The minimum absolute atomic E-state index is 0.420. The van der Waals surface area contributed by atoms with Crippen LogP contribution in [0.3, 0.4) is 0 Å². The van der Waals surface area contributed by atoms with Crippen molar-refractivity contribution < 1.29 is 0 Å². The summed E-state index contributed by atoms with van der Waals surface area (Å²) in [6.45, 7) is 4.72. The molecule has 0 amide bonds. The molecule has 1 saturated heterocycles. The van der Waals surface area contributed by atoms with Gasteiger partial charge in [-0.05, 0) is 37.5 Å². The van der Waals surface area contributed by atoms with E-state index >= 15 is 0 Å². The van der Waals surface area contributed by atoms with E-state index in [1.165, 1.54) is 31.2 Å². The number of benzene rings is 1. The maximum atomic E-state index is 6.20. The van der Waals surface area contributed by atoms with Gasteiger partial charge in [-0.1, -0.05) is 54.3 Å². The Bertz CT molecular complexity index is 742. The Balaban J connectivity index is 1.61. The van der Waals surface area contributed by atoms with Gasteiger partial charge in [-0.3, -0.25) is 0 Å². The summed E-state index contributed by atoms with van der Waals surface area (Å²) in [7, 11) is 0. The Hall–Kier alpha value is -1.92. The van der Waals surface area contributed by atoms with E-state index in [9.17, 15) is 0 Å². The molecule has 7 heteroatoms. The number of halogens is 1. The van der Waals surface area contributed by atoms with Crippen molar-refractivity contribution in [2.75, 3.05) is 23.3 Å². The third-order valence-electron chi connectivity index (χ3n) is 4.41. The molecule has 0 atom stereocenters. The average molecular weight is 390 g/mol. The van der Waals surface area contributed by atoms with Gasteiger partial charge in [0.2, 0.25) is 5.95 Å². The van der Waals surface area contributed by atoms with E-state index in [4.69, 9.17) is 23.8 Å². The van der Waals surface area contributed by atoms with Crippen LogP contribution in [0.2, 0.25) is 5.15 Å². The molecular formula is C19H24ClN5S. The highest BCUT2D eigenvalue weighted by atomic mass is 35.5. The second-order valence-electron chi connectivity index (χ2n) is 6.57. The highest BCUT2D eigenvalue weighted by molar-refractivity contribution is 7.80. The molecule has 0 unspecified atom stereocenters. The summed E-state index contributed by atoms with van der Waals surface area (Å²) in [6.07, 6.45) is 4.91. The van der Waals surface area contributed by atoms with Gasteiger partial charge in [0.15, 0.2) is 5.11 Å². The first kappa shape index (κ1) is 18.9. The molecule has 138 valence electrons. The van der Waals surface area contributed by atoms with Gasteiger partial charge in [-0.25, -0.2) is 4.98 Å². The smallest absolute Gasteiger partial charge is 0.232 e. The predicted molar refractivity (Wildman–Crippen MR) is 112 cm³/mol. The van der Waals surface area contributed by atoms with Crippen molar-refractivity contribution in [3.05, 3.63) is 46.6 Å². The quantitative estimate of drug-likeness (QED) is 0.600. The number of hydrogen-bond donors (Lipinski definition) is 2. The minimum atomic E-state index is 0.420. The predicted octanol–water partition coefficient (Wildman–Crippen LogP) is 4.31. The number of nitrogens with one attached hydrogen (secondary N) is 2. The zero-order valence-corrected chi connectivity index (χ0v) is 16.5. The molecule has 1 aliphatic rings.